The Morgan fingerprint density at radius 1 is 1.71 bits per heavy atom. The third-order valence-electron chi connectivity index (χ3n) is 1.84. The Balaban J connectivity index is 2.81. The molecule has 0 aliphatic heterocycles. The van der Waals surface area contributed by atoms with Gasteiger partial charge in [0.05, 0.1) is 6.20 Å². The van der Waals surface area contributed by atoms with E-state index in [9.17, 15) is 4.79 Å². The largest absolute Gasteiger partial charge is 0.479 e. The summed E-state index contributed by atoms with van der Waals surface area (Å²) in [6.45, 7) is 4.79. The number of aromatic nitrogens is 2. The van der Waals surface area contributed by atoms with Crippen LogP contribution < -0.4 is 0 Å². The molecule has 0 radical (unpaired) electrons. The van der Waals surface area contributed by atoms with E-state index in [4.69, 9.17) is 9.84 Å². The maximum absolute atomic E-state index is 10.8. The van der Waals surface area contributed by atoms with Crippen LogP contribution >= 0.6 is 0 Å². The maximum Gasteiger partial charge on any atom is 0.337 e. The lowest BCUT2D eigenvalue weighted by molar-refractivity contribution is -0.150. The second kappa shape index (κ2) is 4.76. The maximum atomic E-state index is 10.8. The van der Waals surface area contributed by atoms with Gasteiger partial charge in [-0.05, 0) is 13.8 Å². The molecule has 0 aliphatic carbocycles. The predicted molar refractivity (Wildman–Crippen MR) is 49.9 cm³/mol. The molecule has 0 bridgehead atoms. The zero-order valence-corrected chi connectivity index (χ0v) is 8.30. The summed E-state index contributed by atoms with van der Waals surface area (Å²) in [4.78, 5) is 10.8. The third kappa shape index (κ3) is 2.32. The third-order valence-corrected chi connectivity index (χ3v) is 1.84. The molecule has 1 rings (SSSR count). The van der Waals surface area contributed by atoms with Crippen molar-refractivity contribution < 1.29 is 14.6 Å². The zero-order valence-electron chi connectivity index (χ0n) is 8.30. The molecule has 1 atom stereocenters. The highest BCUT2D eigenvalue weighted by Gasteiger charge is 2.21. The van der Waals surface area contributed by atoms with Crippen molar-refractivity contribution >= 4 is 5.97 Å². The number of hydrogen-bond acceptors (Lipinski definition) is 3. The molecule has 5 heteroatoms. The van der Waals surface area contributed by atoms with Crippen LogP contribution in [0.2, 0.25) is 0 Å². The first kappa shape index (κ1) is 10.7. The molecule has 1 aromatic heterocycles. The quantitative estimate of drug-likeness (QED) is 0.768. The molecule has 0 spiro atoms. The Morgan fingerprint density at radius 3 is 2.86 bits per heavy atom. The van der Waals surface area contributed by atoms with Crippen molar-refractivity contribution in [3.05, 3.63) is 18.0 Å². The molecule has 78 valence electrons. The Kier molecular flexibility index (Phi) is 3.64. The summed E-state index contributed by atoms with van der Waals surface area (Å²) in [6.07, 6.45) is 2.31. The Bertz CT molecular complexity index is 309. The van der Waals surface area contributed by atoms with Crippen molar-refractivity contribution in [2.45, 2.75) is 26.5 Å². The monoisotopic (exact) mass is 198 g/mol. The van der Waals surface area contributed by atoms with E-state index in [1.165, 1.54) is 6.20 Å². The number of nitrogens with zero attached hydrogens (tertiary/aromatic N) is 2. The summed E-state index contributed by atoms with van der Waals surface area (Å²) in [5.41, 5.74) is 0.584. The molecule has 0 aromatic carbocycles. The van der Waals surface area contributed by atoms with E-state index < -0.39 is 12.1 Å². The van der Waals surface area contributed by atoms with Crippen LogP contribution in [0, 0.1) is 0 Å². The lowest BCUT2D eigenvalue weighted by atomic mass is 10.2. The molecule has 14 heavy (non-hydrogen) atoms. The molecule has 0 aliphatic rings. The van der Waals surface area contributed by atoms with Gasteiger partial charge in [0.2, 0.25) is 0 Å². The van der Waals surface area contributed by atoms with Crippen LogP contribution in [0.5, 0.6) is 0 Å². The summed E-state index contributed by atoms with van der Waals surface area (Å²) in [5, 5.41) is 12.9. The van der Waals surface area contributed by atoms with Crippen molar-refractivity contribution in [3.8, 4) is 0 Å². The van der Waals surface area contributed by atoms with E-state index >= 15 is 0 Å². The Hall–Kier alpha value is -1.36. The molecule has 1 unspecified atom stereocenters. The molecule has 0 saturated heterocycles. The lowest BCUT2D eigenvalue weighted by Crippen LogP contribution is -2.14. The van der Waals surface area contributed by atoms with E-state index in [1.54, 1.807) is 17.8 Å². The van der Waals surface area contributed by atoms with Crippen LogP contribution in [0.25, 0.3) is 0 Å². The normalized spacial score (nSPS) is 12.7. The average molecular weight is 198 g/mol. The second-order valence-electron chi connectivity index (χ2n) is 2.80. The topological polar surface area (TPSA) is 64.3 Å². The lowest BCUT2D eigenvalue weighted by Gasteiger charge is -2.09. The Labute approximate surface area is 82.3 Å². The number of aliphatic carboxylic acids is 1. The van der Waals surface area contributed by atoms with Crippen LogP contribution in [0.1, 0.15) is 25.5 Å². The molecule has 0 amide bonds. The van der Waals surface area contributed by atoms with E-state index in [0.29, 0.717) is 12.2 Å². The van der Waals surface area contributed by atoms with E-state index in [2.05, 4.69) is 5.10 Å². The highest BCUT2D eigenvalue weighted by atomic mass is 16.5. The summed E-state index contributed by atoms with van der Waals surface area (Å²) in [6, 6.07) is 0. The minimum atomic E-state index is -0.984. The van der Waals surface area contributed by atoms with Gasteiger partial charge in [-0.15, -0.1) is 0 Å². The predicted octanol–water partition coefficient (Wildman–Crippen LogP) is 1.07. The molecule has 0 fully saturated rings. The number of rotatable bonds is 5. The highest BCUT2D eigenvalue weighted by molar-refractivity contribution is 5.74. The molecule has 0 saturated carbocycles. The van der Waals surface area contributed by atoms with Crippen LogP contribution in [0.4, 0.5) is 0 Å². The summed E-state index contributed by atoms with van der Waals surface area (Å²) >= 11 is 0. The number of carboxylic acids is 1. The standard InChI is InChI=1S/C9H14N2O3/c1-3-11-6-7(5-10-11)8(9(12)13)14-4-2/h5-6,8H,3-4H2,1-2H3,(H,12,13). The van der Waals surface area contributed by atoms with Crippen LogP contribution in [-0.2, 0) is 16.1 Å². The molecular weight excluding hydrogens is 184 g/mol. The molecule has 5 nitrogen and oxygen atoms in total. The van der Waals surface area contributed by atoms with E-state index in [1.807, 2.05) is 6.92 Å². The van der Waals surface area contributed by atoms with Gasteiger partial charge in [-0.2, -0.15) is 5.10 Å². The van der Waals surface area contributed by atoms with E-state index in [0.717, 1.165) is 6.54 Å². The minimum Gasteiger partial charge on any atom is -0.479 e. The second-order valence-corrected chi connectivity index (χ2v) is 2.80. The fourth-order valence-electron chi connectivity index (χ4n) is 1.16. The number of hydrogen-bond donors (Lipinski definition) is 1. The molecule has 1 N–H and O–H groups in total. The number of aryl methyl sites for hydroxylation is 1. The molecule has 1 aromatic rings. The van der Waals surface area contributed by atoms with Gasteiger partial charge in [-0.1, -0.05) is 0 Å². The van der Waals surface area contributed by atoms with Gasteiger partial charge in [-0.3, -0.25) is 4.68 Å². The van der Waals surface area contributed by atoms with Gasteiger partial charge < -0.3 is 9.84 Å². The van der Waals surface area contributed by atoms with E-state index in [-0.39, 0.29) is 0 Å². The fourth-order valence-corrected chi connectivity index (χ4v) is 1.16. The Morgan fingerprint density at radius 2 is 2.43 bits per heavy atom. The zero-order chi connectivity index (χ0) is 10.6. The number of ether oxygens (including phenoxy) is 1. The van der Waals surface area contributed by atoms with Gasteiger partial charge in [0.25, 0.3) is 0 Å². The first-order valence-corrected chi connectivity index (χ1v) is 4.55. The van der Waals surface area contributed by atoms with Crippen LogP contribution in [0.15, 0.2) is 12.4 Å². The highest BCUT2D eigenvalue weighted by Crippen LogP contribution is 2.16. The van der Waals surface area contributed by atoms with Crippen molar-refractivity contribution in [2.24, 2.45) is 0 Å². The van der Waals surface area contributed by atoms with Crippen molar-refractivity contribution in [1.82, 2.24) is 9.78 Å². The van der Waals surface area contributed by atoms with Gasteiger partial charge in [0.1, 0.15) is 0 Å². The minimum absolute atomic E-state index is 0.369. The van der Waals surface area contributed by atoms with Gasteiger partial charge in [0.15, 0.2) is 6.10 Å². The smallest absolute Gasteiger partial charge is 0.337 e. The van der Waals surface area contributed by atoms with Gasteiger partial charge in [0, 0.05) is 24.9 Å². The number of carboxylic acid groups (broad SMARTS) is 1. The van der Waals surface area contributed by atoms with Gasteiger partial charge >= 0.3 is 5.97 Å². The van der Waals surface area contributed by atoms with Crippen molar-refractivity contribution in [3.63, 3.8) is 0 Å². The summed E-state index contributed by atoms with van der Waals surface area (Å²) in [7, 11) is 0. The average Bonchev–Trinajstić information content (AvgIpc) is 2.61. The fraction of sp³-hybridized carbons (Fsp3) is 0.556. The first-order valence-electron chi connectivity index (χ1n) is 4.55. The van der Waals surface area contributed by atoms with Crippen LogP contribution in [-0.4, -0.2) is 27.5 Å². The molecular formula is C9H14N2O3. The number of carbonyl (C=O) groups is 1. The molecule has 1 heterocycles. The first-order chi connectivity index (χ1) is 6.69. The summed E-state index contributed by atoms with van der Waals surface area (Å²) in [5.74, 6) is -0.984. The summed E-state index contributed by atoms with van der Waals surface area (Å²) < 4.78 is 6.77. The SMILES string of the molecule is CCOC(C(=O)O)c1cnn(CC)c1. The van der Waals surface area contributed by atoms with Crippen LogP contribution in [0.3, 0.4) is 0 Å². The van der Waals surface area contributed by atoms with Gasteiger partial charge in [-0.25, -0.2) is 4.79 Å². The van der Waals surface area contributed by atoms with Crippen molar-refractivity contribution in [1.29, 1.82) is 0 Å². The van der Waals surface area contributed by atoms with Crippen molar-refractivity contribution in [2.75, 3.05) is 6.61 Å².